The molecule has 5 rings (SSSR count). The van der Waals surface area contributed by atoms with E-state index in [2.05, 4.69) is 15.3 Å². The lowest BCUT2D eigenvalue weighted by molar-refractivity contribution is -0.198. The van der Waals surface area contributed by atoms with Crippen molar-refractivity contribution in [1.82, 2.24) is 15.3 Å². The quantitative estimate of drug-likeness (QED) is 0.387. The van der Waals surface area contributed by atoms with Gasteiger partial charge in [-0.2, -0.15) is 23.1 Å². The number of carbonyl (C=O) groups is 1. The second-order valence-corrected chi connectivity index (χ2v) is 10.8. The van der Waals surface area contributed by atoms with Crippen molar-refractivity contribution >= 4 is 17.7 Å². The lowest BCUT2D eigenvalue weighted by Gasteiger charge is -2.39. The number of nitrogen functional groups attached to an aromatic ring is 1. The average Bonchev–Trinajstić information content (AvgIpc) is 3.32. The first-order valence-electron chi connectivity index (χ1n) is 13.2. The fourth-order valence-corrected chi connectivity index (χ4v) is 5.55. The summed E-state index contributed by atoms with van der Waals surface area (Å²) < 4.78 is 47.9. The minimum Gasteiger partial charge on any atom is -0.480 e. The Morgan fingerprint density at radius 1 is 1.07 bits per heavy atom. The van der Waals surface area contributed by atoms with Crippen molar-refractivity contribution in [3.8, 4) is 17.0 Å². The number of aryl methyl sites for hydroxylation is 2. The summed E-state index contributed by atoms with van der Waals surface area (Å²) in [5.74, 6) is -0.933. The van der Waals surface area contributed by atoms with Crippen LogP contribution in [0.1, 0.15) is 42.1 Å². The number of alkyl halides is 3. The molecule has 1 unspecified atom stereocenters. The van der Waals surface area contributed by atoms with Gasteiger partial charge in [-0.1, -0.05) is 42.5 Å². The van der Waals surface area contributed by atoms with Gasteiger partial charge in [-0.15, -0.1) is 0 Å². The van der Waals surface area contributed by atoms with Crippen molar-refractivity contribution in [3.05, 3.63) is 65.2 Å². The van der Waals surface area contributed by atoms with Crippen LogP contribution in [0.3, 0.4) is 0 Å². The fraction of sp³-hybridized carbons (Fsp3) is 0.414. The zero-order valence-corrected chi connectivity index (χ0v) is 22.3. The van der Waals surface area contributed by atoms with Crippen molar-refractivity contribution in [1.29, 1.82) is 0 Å². The molecular weight excluding hydrogens is 523 g/mol. The highest BCUT2D eigenvalue weighted by Gasteiger charge is 2.45. The normalized spacial score (nSPS) is 19.5. The molecule has 2 atom stereocenters. The smallest absolute Gasteiger partial charge is 0.429 e. The van der Waals surface area contributed by atoms with E-state index in [0.717, 1.165) is 35.1 Å². The Balaban J connectivity index is 1.32. The summed E-state index contributed by atoms with van der Waals surface area (Å²) in [6.45, 7) is 5.74. The van der Waals surface area contributed by atoms with E-state index in [4.69, 9.17) is 10.5 Å². The zero-order valence-electron chi connectivity index (χ0n) is 22.3. The van der Waals surface area contributed by atoms with Gasteiger partial charge < -0.3 is 25.8 Å². The van der Waals surface area contributed by atoms with Crippen LogP contribution in [0.5, 0.6) is 5.88 Å². The van der Waals surface area contributed by atoms with Crippen molar-refractivity contribution in [2.45, 2.75) is 51.4 Å². The lowest BCUT2D eigenvalue weighted by Crippen LogP contribution is -2.41. The summed E-state index contributed by atoms with van der Waals surface area (Å²) in [5, 5.41) is 12.4. The molecule has 2 saturated heterocycles. The number of nitrogens with zero attached hydrogens (tertiary/aromatic N) is 3. The average molecular weight is 556 g/mol. The zero-order chi connectivity index (χ0) is 28.7. The van der Waals surface area contributed by atoms with Crippen molar-refractivity contribution in [3.63, 3.8) is 0 Å². The summed E-state index contributed by atoms with van der Waals surface area (Å²) in [4.78, 5) is 21.4. The number of benzene rings is 2. The molecule has 2 fully saturated rings. The third kappa shape index (κ3) is 5.84. The summed E-state index contributed by atoms with van der Waals surface area (Å²) in [5.41, 5.74) is 9.66. The molecule has 212 valence electrons. The second kappa shape index (κ2) is 10.6. The molecule has 2 aromatic carbocycles. The SMILES string of the molecule is Cc1ccc(-c2ccc([C@@H](Oc3cc(N4CCC5(CC4)CNC(C(=O)O)C5)nc(N)n3)C(F)(F)F)cc2)cc1C. The number of rotatable bonds is 6. The largest absolute Gasteiger partial charge is 0.480 e. The highest BCUT2D eigenvalue weighted by atomic mass is 19.4. The monoisotopic (exact) mass is 555 g/mol. The number of nitrogens with two attached hydrogens (primary N) is 1. The predicted molar refractivity (Wildman–Crippen MR) is 145 cm³/mol. The molecule has 11 heteroatoms. The first-order chi connectivity index (χ1) is 18.9. The van der Waals surface area contributed by atoms with Crippen LogP contribution in [0.4, 0.5) is 24.9 Å². The Labute approximate surface area is 230 Å². The Hall–Kier alpha value is -3.86. The minimum atomic E-state index is -4.70. The summed E-state index contributed by atoms with van der Waals surface area (Å²) in [6, 6.07) is 12.9. The standard InChI is InChI=1S/C29H32F3N5O3/c1-17-3-4-21(13-18(17)2)19-5-7-20(8-6-19)25(29(30,31)32)40-24-14-23(35-27(33)36-24)37-11-9-28(10-12-37)15-22(26(38)39)34-16-28/h3-8,13-14,22,25,34H,9-12,15-16H2,1-2H3,(H,38,39)(H2,33,35,36)/t22?,25-/m1/s1. The number of hydrogen-bond acceptors (Lipinski definition) is 7. The number of ether oxygens (including phenoxy) is 1. The highest BCUT2D eigenvalue weighted by Crippen LogP contribution is 2.41. The minimum absolute atomic E-state index is 0.0551. The Kier molecular flexibility index (Phi) is 7.34. The number of carboxylic acids is 1. The number of piperidine rings is 1. The Morgan fingerprint density at radius 2 is 1.75 bits per heavy atom. The van der Waals surface area contributed by atoms with E-state index in [1.165, 1.54) is 18.2 Å². The molecule has 0 amide bonds. The van der Waals surface area contributed by atoms with Crippen LogP contribution in [0.25, 0.3) is 11.1 Å². The van der Waals surface area contributed by atoms with E-state index in [1.54, 1.807) is 12.1 Å². The van der Waals surface area contributed by atoms with Crippen LogP contribution >= 0.6 is 0 Å². The molecule has 0 saturated carbocycles. The molecule has 0 aliphatic carbocycles. The highest BCUT2D eigenvalue weighted by molar-refractivity contribution is 5.74. The van der Waals surface area contributed by atoms with Crippen LogP contribution < -0.4 is 20.7 Å². The number of carboxylic acid groups (broad SMARTS) is 1. The van der Waals surface area contributed by atoms with Gasteiger partial charge in [-0.05, 0) is 60.8 Å². The van der Waals surface area contributed by atoms with E-state index >= 15 is 0 Å². The molecule has 8 nitrogen and oxygen atoms in total. The summed E-state index contributed by atoms with van der Waals surface area (Å²) >= 11 is 0. The number of hydrogen-bond donors (Lipinski definition) is 3. The second-order valence-electron chi connectivity index (χ2n) is 10.8. The van der Waals surface area contributed by atoms with Gasteiger partial charge in [0.15, 0.2) is 0 Å². The van der Waals surface area contributed by atoms with Gasteiger partial charge in [0, 0.05) is 31.3 Å². The topological polar surface area (TPSA) is 114 Å². The predicted octanol–water partition coefficient (Wildman–Crippen LogP) is 5.06. The third-order valence-corrected chi connectivity index (χ3v) is 8.10. The van der Waals surface area contributed by atoms with Crippen molar-refractivity contribution < 1.29 is 27.8 Å². The van der Waals surface area contributed by atoms with Crippen LogP contribution in [-0.4, -0.2) is 52.9 Å². The molecule has 2 aliphatic rings. The van der Waals surface area contributed by atoms with Gasteiger partial charge in [0.05, 0.1) is 0 Å². The molecular formula is C29H32F3N5O3. The van der Waals surface area contributed by atoms with Crippen LogP contribution in [0.15, 0.2) is 48.5 Å². The van der Waals surface area contributed by atoms with Gasteiger partial charge in [0.1, 0.15) is 11.9 Å². The molecule has 3 aromatic rings. The van der Waals surface area contributed by atoms with Gasteiger partial charge in [-0.25, -0.2) is 0 Å². The van der Waals surface area contributed by atoms with Gasteiger partial charge in [0.2, 0.25) is 17.9 Å². The molecule has 40 heavy (non-hydrogen) atoms. The first-order valence-corrected chi connectivity index (χ1v) is 13.2. The summed E-state index contributed by atoms with van der Waals surface area (Å²) in [6.07, 6.45) is -4.95. The van der Waals surface area contributed by atoms with Gasteiger partial charge in [-0.3, -0.25) is 4.79 Å². The third-order valence-electron chi connectivity index (χ3n) is 8.10. The fourth-order valence-electron chi connectivity index (χ4n) is 5.55. The van der Waals surface area contributed by atoms with Crippen molar-refractivity contribution in [2.75, 3.05) is 30.3 Å². The summed E-state index contributed by atoms with van der Waals surface area (Å²) in [7, 11) is 0. The van der Waals surface area contributed by atoms with Gasteiger partial charge in [0.25, 0.3) is 0 Å². The molecule has 0 radical (unpaired) electrons. The number of anilines is 2. The maximum Gasteiger partial charge on any atom is 0.429 e. The lowest BCUT2D eigenvalue weighted by atomic mass is 9.76. The van der Waals surface area contributed by atoms with Crippen LogP contribution in [-0.2, 0) is 4.79 Å². The number of nitrogens with one attached hydrogen (secondary N) is 1. The van der Waals surface area contributed by atoms with Crippen molar-refractivity contribution in [2.24, 2.45) is 5.41 Å². The number of halogens is 3. The molecule has 1 aromatic heterocycles. The van der Waals surface area contributed by atoms with E-state index in [1.807, 2.05) is 36.9 Å². The van der Waals surface area contributed by atoms with Gasteiger partial charge >= 0.3 is 12.1 Å². The van der Waals surface area contributed by atoms with Crippen LogP contribution in [0, 0.1) is 19.3 Å². The maximum absolute atomic E-state index is 14.2. The van der Waals surface area contributed by atoms with E-state index < -0.39 is 24.3 Å². The molecule has 4 N–H and O–H groups in total. The molecule has 3 heterocycles. The number of aliphatic carboxylic acids is 1. The molecule has 0 bridgehead atoms. The first kappa shape index (κ1) is 27.7. The Bertz CT molecular complexity index is 1390. The molecule has 2 aliphatic heterocycles. The maximum atomic E-state index is 14.2. The Morgan fingerprint density at radius 3 is 2.35 bits per heavy atom. The molecule has 1 spiro atoms. The van der Waals surface area contributed by atoms with Crippen LogP contribution in [0.2, 0.25) is 0 Å². The number of aromatic nitrogens is 2. The van der Waals surface area contributed by atoms with E-state index in [0.29, 0.717) is 31.9 Å². The van der Waals surface area contributed by atoms with E-state index in [-0.39, 0.29) is 22.8 Å². The van der Waals surface area contributed by atoms with E-state index in [9.17, 15) is 23.1 Å².